The number of hydrogen-bond donors (Lipinski definition) is 2. The van der Waals surface area contributed by atoms with E-state index in [9.17, 15) is 24.3 Å². The number of ether oxygens (including phenoxy) is 4. The Balaban J connectivity index is 2.16. The number of carbonyl (C=O) groups is 4. The fourth-order valence-electron chi connectivity index (χ4n) is 4.21. The van der Waals surface area contributed by atoms with Crippen LogP contribution in [0, 0.1) is 0 Å². The van der Waals surface area contributed by atoms with Crippen LogP contribution < -0.4 is 14.8 Å². The van der Waals surface area contributed by atoms with Crippen LogP contribution in [0.15, 0.2) is 12.1 Å². The molecular weight excluding hydrogens is 522 g/mol. The Morgan fingerprint density at radius 1 is 1.18 bits per heavy atom. The van der Waals surface area contributed by atoms with E-state index in [1.54, 1.807) is 31.7 Å². The third-order valence-corrected chi connectivity index (χ3v) is 6.28. The first-order valence-corrected chi connectivity index (χ1v) is 13.6. The second kappa shape index (κ2) is 15.3. The Bertz CT molecular complexity index is 1040. The second-order valence-corrected chi connectivity index (χ2v) is 10.7. The highest BCUT2D eigenvalue weighted by molar-refractivity contribution is 5.98. The van der Waals surface area contributed by atoms with E-state index >= 15 is 0 Å². The molecule has 1 aromatic carbocycles. The van der Waals surface area contributed by atoms with Gasteiger partial charge in [-0.25, -0.2) is 9.59 Å². The predicted octanol–water partition coefficient (Wildman–Crippen LogP) is 4.30. The van der Waals surface area contributed by atoms with Crippen molar-refractivity contribution in [3.8, 4) is 11.5 Å². The lowest BCUT2D eigenvalue weighted by Crippen LogP contribution is -2.45. The van der Waals surface area contributed by atoms with Crippen molar-refractivity contribution in [3.05, 3.63) is 17.7 Å². The van der Waals surface area contributed by atoms with Gasteiger partial charge < -0.3 is 39.2 Å². The molecule has 0 aliphatic carbocycles. The minimum absolute atomic E-state index is 0.0264. The number of nitrogens with zero attached hydrogens (tertiary/aromatic N) is 2. The first-order chi connectivity index (χ1) is 18.9. The summed E-state index contributed by atoms with van der Waals surface area (Å²) in [5.74, 6) is -0.131. The highest BCUT2D eigenvalue weighted by atomic mass is 16.7. The first-order valence-electron chi connectivity index (χ1n) is 13.6. The number of carbonyl (C=O) groups excluding carboxylic acids is 3. The van der Waals surface area contributed by atoms with Gasteiger partial charge in [-0.1, -0.05) is 25.8 Å². The number of unbranched alkanes of at least 4 members (excludes halogenated alkanes) is 1. The van der Waals surface area contributed by atoms with Gasteiger partial charge in [-0.3, -0.25) is 9.59 Å². The van der Waals surface area contributed by atoms with Crippen molar-refractivity contribution in [2.24, 2.45) is 0 Å². The smallest absolute Gasteiger partial charge is 0.481 e. The van der Waals surface area contributed by atoms with Gasteiger partial charge in [0.15, 0.2) is 18.1 Å². The molecule has 0 aromatic heterocycles. The van der Waals surface area contributed by atoms with Crippen molar-refractivity contribution >= 4 is 29.8 Å². The molecule has 2 N–H and O–H groups in total. The number of methoxy groups -OCH3 is 1. The Labute approximate surface area is 235 Å². The molecule has 12 nitrogen and oxygen atoms in total. The average Bonchev–Trinajstić information content (AvgIpc) is 2.87. The quantitative estimate of drug-likeness (QED) is 0.249. The minimum atomic E-state index is -1.11. The first kappa shape index (κ1) is 32.7. The van der Waals surface area contributed by atoms with Gasteiger partial charge in [0.25, 0.3) is 5.91 Å². The summed E-state index contributed by atoms with van der Waals surface area (Å²) >= 11 is 0. The van der Waals surface area contributed by atoms with Crippen LogP contribution in [-0.2, 0) is 25.5 Å². The Morgan fingerprint density at radius 2 is 1.90 bits per heavy atom. The second-order valence-electron chi connectivity index (χ2n) is 10.7. The van der Waals surface area contributed by atoms with E-state index in [0.717, 1.165) is 19.3 Å². The molecule has 0 saturated carbocycles. The molecule has 3 amide bonds. The summed E-state index contributed by atoms with van der Waals surface area (Å²) in [4.78, 5) is 52.1. The maximum absolute atomic E-state index is 12.8. The number of carboxylic acid groups (broad SMARTS) is 1. The van der Waals surface area contributed by atoms with E-state index < -0.39 is 23.8 Å². The summed E-state index contributed by atoms with van der Waals surface area (Å²) in [7, 11) is 1.54. The van der Waals surface area contributed by atoms with Crippen LogP contribution >= 0.6 is 0 Å². The van der Waals surface area contributed by atoms with Gasteiger partial charge in [0.1, 0.15) is 11.3 Å². The van der Waals surface area contributed by atoms with E-state index in [2.05, 4.69) is 12.2 Å². The maximum atomic E-state index is 12.8. The molecule has 1 unspecified atom stereocenters. The zero-order chi connectivity index (χ0) is 29.9. The van der Waals surface area contributed by atoms with Crippen LogP contribution in [0.3, 0.4) is 0 Å². The lowest BCUT2D eigenvalue weighted by atomic mass is 10.1. The largest absolute Gasteiger partial charge is 0.514 e. The van der Waals surface area contributed by atoms with Gasteiger partial charge in [0, 0.05) is 32.8 Å². The lowest BCUT2D eigenvalue weighted by molar-refractivity contribution is -0.134. The molecule has 12 heteroatoms. The summed E-state index contributed by atoms with van der Waals surface area (Å²) in [6.07, 6.45) is 1.24. The van der Waals surface area contributed by atoms with Crippen LogP contribution in [0.25, 0.3) is 0 Å². The molecule has 2 rings (SSSR count). The summed E-state index contributed by atoms with van der Waals surface area (Å²) in [5.41, 5.74) is 0.0396. The van der Waals surface area contributed by atoms with Crippen LogP contribution in [0.4, 0.5) is 15.3 Å². The fraction of sp³-hybridized carbons (Fsp3) is 0.643. The van der Waals surface area contributed by atoms with Gasteiger partial charge in [0.2, 0.25) is 5.91 Å². The topological polar surface area (TPSA) is 144 Å². The van der Waals surface area contributed by atoms with Crippen molar-refractivity contribution in [1.29, 1.82) is 0 Å². The summed E-state index contributed by atoms with van der Waals surface area (Å²) in [5, 5.41) is 12.5. The molecule has 1 aliphatic heterocycles. The molecule has 0 radical (unpaired) electrons. The normalized spacial score (nSPS) is 13.4. The summed E-state index contributed by atoms with van der Waals surface area (Å²) < 4.78 is 21.2. The number of hydrogen-bond acceptors (Lipinski definition) is 8. The van der Waals surface area contributed by atoms with Crippen molar-refractivity contribution < 1.29 is 43.2 Å². The molecule has 1 atom stereocenters. The molecule has 0 spiro atoms. The van der Waals surface area contributed by atoms with Gasteiger partial charge in [-0.15, -0.1) is 0 Å². The van der Waals surface area contributed by atoms with E-state index in [0.29, 0.717) is 17.9 Å². The predicted molar refractivity (Wildman–Crippen MR) is 148 cm³/mol. The molecule has 1 aromatic rings. The maximum Gasteiger partial charge on any atom is 0.514 e. The molecule has 0 fully saturated rings. The van der Waals surface area contributed by atoms with Gasteiger partial charge >= 0.3 is 12.2 Å². The summed E-state index contributed by atoms with van der Waals surface area (Å²) in [6.45, 7) is 9.74. The Hall–Kier alpha value is -3.54. The minimum Gasteiger partial charge on any atom is -0.481 e. The van der Waals surface area contributed by atoms with Gasteiger partial charge in [-0.05, 0) is 52.2 Å². The molecule has 1 aliphatic rings. The highest BCUT2D eigenvalue weighted by Crippen LogP contribution is 2.40. The van der Waals surface area contributed by atoms with Crippen LogP contribution in [0.1, 0.15) is 65.9 Å². The number of fused-ring (bicyclic) bond motifs is 1. The third-order valence-electron chi connectivity index (χ3n) is 6.28. The van der Waals surface area contributed by atoms with Gasteiger partial charge in [0.05, 0.1) is 13.0 Å². The average molecular weight is 566 g/mol. The molecule has 224 valence electrons. The number of nitrogens with one attached hydrogen (secondary N) is 1. The number of anilines is 1. The zero-order valence-electron chi connectivity index (χ0n) is 24.4. The zero-order valence-corrected chi connectivity index (χ0v) is 24.4. The molecule has 0 bridgehead atoms. The Morgan fingerprint density at radius 3 is 2.52 bits per heavy atom. The molecule has 40 heavy (non-hydrogen) atoms. The standard InChI is InChI=1S/C28H43N3O9/c1-7-8-9-19(2)31(23(33)13-17-37-6)16-15-30(26(34)35)14-12-20-10-11-21(39-27(36)40-28(3,4)5)24-25(20)38-18-22(32)29-24/h10-11,19H,7-9,12-18H2,1-6H3,(H,29,32)(H,34,35). The number of amides is 3. The summed E-state index contributed by atoms with van der Waals surface area (Å²) in [6, 6.07) is 3.13. The monoisotopic (exact) mass is 565 g/mol. The van der Waals surface area contributed by atoms with E-state index in [1.807, 2.05) is 6.92 Å². The lowest BCUT2D eigenvalue weighted by Gasteiger charge is -2.32. The fourth-order valence-corrected chi connectivity index (χ4v) is 4.21. The molecule has 1 heterocycles. The SMILES string of the molecule is CCCCC(C)N(CCN(CCc1ccc(OC(=O)OC(C)(C)C)c2c1OCC(=O)N2)C(=O)O)C(=O)CCOC. The van der Waals surface area contributed by atoms with Crippen LogP contribution in [0.2, 0.25) is 0 Å². The third kappa shape index (κ3) is 10.2. The van der Waals surface area contributed by atoms with E-state index in [4.69, 9.17) is 18.9 Å². The molecule has 0 saturated heterocycles. The van der Waals surface area contributed by atoms with E-state index in [1.165, 1.54) is 18.1 Å². The number of benzene rings is 1. The van der Waals surface area contributed by atoms with Crippen LogP contribution in [0.5, 0.6) is 11.5 Å². The molecular formula is C28H43N3O9. The van der Waals surface area contributed by atoms with Crippen molar-refractivity contribution in [2.75, 3.05) is 45.3 Å². The van der Waals surface area contributed by atoms with E-state index in [-0.39, 0.29) is 62.5 Å². The van der Waals surface area contributed by atoms with Crippen molar-refractivity contribution in [3.63, 3.8) is 0 Å². The van der Waals surface area contributed by atoms with Gasteiger partial charge in [-0.2, -0.15) is 0 Å². The van der Waals surface area contributed by atoms with Crippen molar-refractivity contribution in [2.45, 2.75) is 78.4 Å². The highest BCUT2D eigenvalue weighted by Gasteiger charge is 2.27. The number of rotatable bonds is 14. The Kier molecular flexibility index (Phi) is 12.5. The van der Waals surface area contributed by atoms with Crippen molar-refractivity contribution in [1.82, 2.24) is 9.80 Å². The van der Waals surface area contributed by atoms with Crippen LogP contribution in [-0.4, -0.2) is 90.6 Å².